The molecule has 3 rings (SSSR count). The van der Waals surface area contributed by atoms with Crippen LogP contribution in [-0.4, -0.2) is 15.3 Å². The number of carbonyl (C=O) groups is 1. The van der Waals surface area contributed by atoms with Crippen molar-refractivity contribution >= 4 is 17.4 Å². The number of aryl methyl sites for hydroxylation is 1. The molecule has 1 amide bonds. The van der Waals surface area contributed by atoms with Crippen molar-refractivity contribution in [2.45, 2.75) is 27.2 Å². The Balaban J connectivity index is 2.17. The Morgan fingerprint density at radius 3 is 2.65 bits per heavy atom. The highest BCUT2D eigenvalue weighted by Crippen LogP contribution is 2.30. The molecule has 1 atom stereocenters. The predicted molar refractivity (Wildman–Crippen MR) is 93.4 cm³/mol. The molecule has 3 aromatic rings. The summed E-state index contributed by atoms with van der Waals surface area (Å²) in [6.45, 7) is 5.98. The number of imidazole rings is 1. The van der Waals surface area contributed by atoms with Crippen LogP contribution in [0.15, 0.2) is 48.7 Å². The number of rotatable bonds is 4. The molecule has 0 fully saturated rings. The van der Waals surface area contributed by atoms with Crippen LogP contribution in [0.1, 0.15) is 25.8 Å². The number of hydrogen-bond acceptors (Lipinski definition) is 2. The summed E-state index contributed by atoms with van der Waals surface area (Å²) in [6.07, 6.45) is 2.75. The molecule has 1 N–H and O–H groups in total. The van der Waals surface area contributed by atoms with Crippen LogP contribution in [0.4, 0.5) is 5.82 Å². The van der Waals surface area contributed by atoms with E-state index in [2.05, 4.69) is 5.32 Å². The third-order valence-electron chi connectivity index (χ3n) is 4.19. The van der Waals surface area contributed by atoms with Gasteiger partial charge < -0.3 is 5.32 Å². The lowest BCUT2D eigenvalue weighted by atomic mass is 10.1. The summed E-state index contributed by atoms with van der Waals surface area (Å²) in [5, 5.41) is 3.07. The number of nitrogens with zero attached hydrogens (tertiary/aromatic N) is 2. The number of anilines is 1. The first-order valence-electron chi connectivity index (χ1n) is 7.95. The molecule has 0 saturated heterocycles. The van der Waals surface area contributed by atoms with Gasteiger partial charge in [0.15, 0.2) is 0 Å². The Bertz CT molecular complexity index is 836. The molecule has 0 saturated carbocycles. The fourth-order valence-corrected chi connectivity index (χ4v) is 2.55. The van der Waals surface area contributed by atoms with Crippen LogP contribution < -0.4 is 5.32 Å². The number of carbonyl (C=O) groups excluding carboxylic acids is 1. The van der Waals surface area contributed by atoms with Gasteiger partial charge in [-0.15, -0.1) is 0 Å². The van der Waals surface area contributed by atoms with E-state index in [0.29, 0.717) is 0 Å². The molecule has 1 aromatic carbocycles. The second-order valence-electron chi connectivity index (χ2n) is 5.86. The molecule has 0 bridgehead atoms. The topological polar surface area (TPSA) is 46.4 Å². The van der Waals surface area contributed by atoms with E-state index in [4.69, 9.17) is 4.98 Å². The zero-order valence-electron chi connectivity index (χ0n) is 13.7. The minimum absolute atomic E-state index is 0.0213. The molecule has 2 heterocycles. The van der Waals surface area contributed by atoms with Gasteiger partial charge in [-0.2, -0.15) is 0 Å². The van der Waals surface area contributed by atoms with E-state index >= 15 is 0 Å². The van der Waals surface area contributed by atoms with Gasteiger partial charge in [0.05, 0.1) is 0 Å². The van der Waals surface area contributed by atoms with Crippen LogP contribution in [0, 0.1) is 12.8 Å². The van der Waals surface area contributed by atoms with Crippen LogP contribution in [0.25, 0.3) is 16.9 Å². The fourth-order valence-electron chi connectivity index (χ4n) is 2.55. The first-order chi connectivity index (χ1) is 11.1. The van der Waals surface area contributed by atoms with Gasteiger partial charge in [-0.25, -0.2) is 4.98 Å². The summed E-state index contributed by atoms with van der Waals surface area (Å²) in [4.78, 5) is 17.2. The van der Waals surface area contributed by atoms with Crippen LogP contribution in [0.3, 0.4) is 0 Å². The molecule has 0 radical (unpaired) electrons. The Morgan fingerprint density at radius 2 is 1.96 bits per heavy atom. The van der Waals surface area contributed by atoms with Crippen LogP contribution in [0.5, 0.6) is 0 Å². The van der Waals surface area contributed by atoms with Gasteiger partial charge in [0.2, 0.25) is 5.91 Å². The highest BCUT2D eigenvalue weighted by molar-refractivity contribution is 5.95. The summed E-state index contributed by atoms with van der Waals surface area (Å²) in [5.74, 6) is 0.724. The van der Waals surface area contributed by atoms with Gasteiger partial charge in [0.25, 0.3) is 0 Å². The lowest BCUT2D eigenvalue weighted by molar-refractivity contribution is -0.119. The second kappa shape index (κ2) is 6.24. The quantitative estimate of drug-likeness (QED) is 0.781. The molecule has 4 heteroatoms. The van der Waals surface area contributed by atoms with Gasteiger partial charge in [0.1, 0.15) is 17.2 Å². The van der Waals surface area contributed by atoms with Gasteiger partial charge in [-0.3, -0.25) is 9.20 Å². The zero-order chi connectivity index (χ0) is 16.4. The van der Waals surface area contributed by atoms with Crippen LogP contribution in [-0.2, 0) is 4.79 Å². The lowest BCUT2D eigenvalue weighted by Gasteiger charge is -2.11. The summed E-state index contributed by atoms with van der Waals surface area (Å²) >= 11 is 0. The molecule has 1 unspecified atom stereocenters. The first-order valence-corrected chi connectivity index (χ1v) is 7.95. The summed E-state index contributed by atoms with van der Waals surface area (Å²) in [6, 6.07) is 13.9. The maximum absolute atomic E-state index is 12.4. The molecule has 0 aliphatic heterocycles. The van der Waals surface area contributed by atoms with E-state index in [9.17, 15) is 4.79 Å². The number of pyridine rings is 1. The maximum atomic E-state index is 12.4. The molecular formula is C19H21N3O. The molecule has 118 valence electrons. The van der Waals surface area contributed by atoms with E-state index in [1.54, 1.807) is 0 Å². The van der Waals surface area contributed by atoms with E-state index < -0.39 is 0 Å². The Hall–Kier alpha value is -2.62. The number of fused-ring (bicyclic) bond motifs is 1. The average Bonchev–Trinajstić information content (AvgIpc) is 2.95. The highest BCUT2D eigenvalue weighted by Gasteiger charge is 2.19. The Morgan fingerprint density at radius 1 is 1.22 bits per heavy atom. The lowest BCUT2D eigenvalue weighted by Crippen LogP contribution is -2.21. The second-order valence-corrected chi connectivity index (χ2v) is 5.86. The number of nitrogens with one attached hydrogen (secondary N) is 1. The number of hydrogen-bond donors (Lipinski definition) is 1. The van der Waals surface area contributed by atoms with E-state index in [1.807, 2.05) is 73.8 Å². The van der Waals surface area contributed by atoms with Crippen molar-refractivity contribution in [3.63, 3.8) is 0 Å². The van der Waals surface area contributed by atoms with Crippen molar-refractivity contribution in [2.24, 2.45) is 5.92 Å². The Labute approximate surface area is 136 Å². The SMILES string of the molecule is CCC(C)C(=O)Nc1c(-c2ccccc2)nc2c(C)cccn12. The number of aromatic nitrogens is 2. The molecule has 2 aromatic heterocycles. The minimum atomic E-state index is -0.0333. The summed E-state index contributed by atoms with van der Waals surface area (Å²) < 4.78 is 1.96. The van der Waals surface area contributed by atoms with Crippen molar-refractivity contribution in [3.8, 4) is 11.3 Å². The van der Waals surface area contributed by atoms with Crippen LogP contribution in [0.2, 0.25) is 0 Å². The predicted octanol–water partition coefficient (Wildman–Crippen LogP) is 4.29. The highest BCUT2D eigenvalue weighted by atomic mass is 16.1. The smallest absolute Gasteiger partial charge is 0.228 e. The van der Waals surface area contributed by atoms with E-state index in [1.165, 1.54) is 0 Å². The first kappa shape index (κ1) is 15.3. The van der Waals surface area contributed by atoms with Crippen molar-refractivity contribution in [1.82, 2.24) is 9.38 Å². The summed E-state index contributed by atoms with van der Waals surface area (Å²) in [7, 11) is 0. The van der Waals surface area contributed by atoms with Gasteiger partial charge >= 0.3 is 0 Å². The minimum Gasteiger partial charge on any atom is -0.310 e. The number of amides is 1. The molecule has 23 heavy (non-hydrogen) atoms. The van der Waals surface area contributed by atoms with Crippen molar-refractivity contribution in [1.29, 1.82) is 0 Å². The third-order valence-corrected chi connectivity index (χ3v) is 4.19. The van der Waals surface area contributed by atoms with Crippen LogP contribution >= 0.6 is 0 Å². The van der Waals surface area contributed by atoms with Crippen molar-refractivity contribution in [2.75, 3.05) is 5.32 Å². The molecule has 0 aliphatic carbocycles. The molecular weight excluding hydrogens is 286 g/mol. The van der Waals surface area contributed by atoms with E-state index in [0.717, 1.165) is 34.7 Å². The van der Waals surface area contributed by atoms with E-state index in [-0.39, 0.29) is 11.8 Å². The maximum Gasteiger partial charge on any atom is 0.228 e. The largest absolute Gasteiger partial charge is 0.310 e. The third kappa shape index (κ3) is 2.84. The molecule has 0 spiro atoms. The van der Waals surface area contributed by atoms with Gasteiger partial charge in [-0.1, -0.05) is 50.2 Å². The normalized spacial score (nSPS) is 12.3. The fraction of sp³-hybridized carbons (Fsp3) is 0.263. The molecule has 4 nitrogen and oxygen atoms in total. The molecule has 0 aliphatic rings. The Kier molecular flexibility index (Phi) is 4.15. The van der Waals surface area contributed by atoms with Crippen molar-refractivity contribution in [3.05, 3.63) is 54.2 Å². The number of benzene rings is 1. The van der Waals surface area contributed by atoms with Gasteiger partial charge in [-0.05, 0) is 25.0 Å². The van der Waals surface area contributed by atoms with Crippen molar-refractivity contribution < 1.29 is 4.79 Å². The summed E-state index contributed by atoms with van der Waals surface area (Å²) in [5.41, 5.74) is 3.74. The average molecular weight is 307 g/mol. The van der Waals surface area contributed by atoms with Gasteiger partial charge in [0, 0.05) is 17.7 Å². The standard InChI is InChI=1S/C19H21N3O/c1-4-13(2)19(23)21-18-16(15-10-6-5-7-11-15)20-17-14(3)9-8-12-22(17)18/h5-13H,4H2,1-3H3,(H,21,23). The zero-order valence-corrected chi connectivity index (χ0v) is 13.7. The monoisotopic (exact) mass is 307 g/mol.